The number of guanidine groups is 1. The monoisotopic (exact) mass is 450 g/mol. The molecule has 2 atom stereocenters. The molecule has 1 saturated heterocycles. The Kier molecular flexibility index (Phi) is 8.05. The average Bonchev–Trinajstić information content (AvgIpc) is 3.02. The third kappa shape index (κ3) is 5.41. The normalized spacial score (nSPS) is 20.2. The lowest BCUT2D eigenvalue weighted by Crippen LogP contribution is -2.29. The van der Waals surface area contributed by atoms with Gasteiger partial charge in [0.15, 0.2) is 17.5 Å². The number of anilines is 1. The maximum atomic E-state index is 11.0. The third-order valence-electron chi connectivity index (χ3n) is 3.55. The molecule has 0 saturated carbocycles. The van der Waals surface area contributed by atoms with Crippen LogP contribution < -0.4 is 26.3 Å². The number of amides is 1. The van der Waals surface area contributed by atoms with Gasteiger partial charge in [0.2, 0.25) is 5.91 Å². The van der Waals surface area contributed by atoms with Crippen LogP contribution in [0.25, 0.3) is 0 Å². The van der Waals surface area contributed by atoms with Crippen molar-refractivity contribution in [2.45, 2.75) is 25.0 Å². The van der Waals surface area contributed by atoms with Gasteiger partial charge in [0, 0.05) is 11.8 Å². The number of carbonyl (C=O) groups is 1. The first-order valence-electron chi connectivity index (χ1n) is 7.27. The molecule has 1 amide bonds. The molecule has 8 nitrogen and oxygen atoms in total. The number of benzene rings is 1. The van der Waals surface area contributed by atoms with E-state index in [1.165, 1.54) is 0 Å². The standard InChI is InChI=1S/C15H22N4O4.HI/c1-21-11-5-3-9(7-13(11)22-2)19-15(17)18-8-10-4-6-12(23-10)14(16)20;/h3,5,7,10,12H,4,6,8H2,1-2H3,(H2,16,20)(H3,17,18,19);1H. The Morgan fingerprint density at radius 2 is 2.00 bits per heavy atom. The second-order valence-electron chi connectivity index (χ2n) is 5.15. The van der Waals surface area contributed by atoms with Crippen molar-refractivity contribution in [3.63, 3.8) is 0 Å². The van der Waals surface area contributed by atoms with Crippen LogP contribution in [0.15, 0.2) is 23.2 Å². The highest BCUT2D eigenvalue weighted by Gasteiger charge is 2.28. The summed E-state index contributed by atoms with van der Waals surface area (Å²) in [6.45, 7) is 0.371. The number of primary amides is 1. The summed E-state index contributed by atoms with van der Waals surface area (Å²) >= 11 is 0. The Morgan fingerprint density at radius 1 is 1.29 bits per heavy atom. The molecule has 0 spiro atoms. The van der Waals surface area contributed by atoms with E-state index in [2.05, 4.69) is 10.3 Å². The van der Waals surface area contributed by atoms with E-state index in [0.29, 0.717) is 24.5 Å². The first kappa shape index (κ1) is 20.3. The first-order valence-corrected chi connectivity index (χ1v) is 7.27. The molecule has 2 rings (SSSR count). The van der Waals surface area contributed by atoms with Crippen molar-refractivity contribution in [1.82, 2.24) is 0 Å². The van der Waals surface area contributed by atoms with Gasteiger partial charge in [-0.3, -0.25) is 9.79 Å². The van der Waals surface area contributed by atoms with Crippen LogP contribution in [0.1, 0.15) is 12.8 Å². The third-order valence-corrected chi connectivity index (χ3v) is 3.55. The number of carbonyl (C=O) groups excluding carboxylic acids is 1. The van der Waals surface area contributed by atoms with Crippen molar-refractivity contribution in [1.29, 1.82) is 0 Å². The van der Waals surface area contributed by atoms with Crippen LogP contribution in [0.3, 0.4) is 0 Å². The second-order valence-corrected chi connectivity index (χ2v) is 5.15. The summed E-state index contributed by atoms with van der Waals surface area (Å²) in [5.74, 6) is 1.04. The molecule has 1 aliphatic heterocycles. The van der Waals surface area contributed by atoms with Crippen LogP contribution in [-0.4, -0.2) is 44.8 Å². The number of aliphatic imine (C=N–C) groups is 1. The van der Waals surface area contributed by atoms with Crippen molar-refractivity contribution in [3.8, 4) is 11.5 Å². The molecule has 24 heavy (non-hydrogen) atoms. The number of halogens is 1. The summed E-state index contributed by atoms with van der Waals surface area (Å²) in [7, 11) is 3.13. The molecule has 1 fully saturated rings. The van der Waals surface area contributed by atoms with Gasteiger partial charge < -0.3 is 31.0 Å². The van der Waals surface area contributed by atoms with E-state index < -0.39 is 12.0 Å². The van der Waals surface area contributed by atoms with Gasteiger partial charge in [0.25, 0.3) is 0 Å². The number of nitrogens with zero attached hydrogens (tertiary/aromatic N) is 1. The van der Waals surface area contributed by atoms with Gasteiger partial charge in [0.1, 0.15) is 6.10 Å². The maximum Gasteiger partial charge on any atom is 0.246 e. The predicted molar refractivity (Wildman–Crippen MR) is 102 cm³/mol. The molecule has 1 aromatic carbocycles. The van der Waals surface area contributed by atoms with Crippen LogP contribution >= 0.6 is 24.0 Å². The van der Waals surface area contributed by atoms with E-state index >= 15 is 0 Å². The number of rotatable bonds is 6. The second kappa shape index (κ2) is 9.52. The molecule has 134 valence electrons. The molecule has 5 N–H and O–H groups in total. The number of nitrogens with one attached hydrogen (secondary N) is 1. The van der Waals surface area contributed by atoms with Gasteiger partial charge >= 0.3 is 0 Å². The quantitative estimate of drug-likeness (QED) is 0.339. The summed E-state index contributed by atoms with van der Waals surface area (Å²) in [6, 6.07) is 5.33. The van der Waals surface area contributed by atoms with E-state index in [0.717, 1.165) is 12.1 Å². The first-order chi connectivity index (χ1) is 11.0. The zero-order valence-electron chi connectivity index (χ0n) is 13.7. The summed E-state index contributed by atoms with van der Waals surface area (Å²) < 4.78 is 15.9. The number of hydrogen-bond acceptors (Lipinski definition) is 5. The Bertz CT molecular complexity index is 597. The Morgan fingerprint density at radius 3 is 2.58 bits per heavy atom. The number of methoxy groups -OCH3 is 2. The molecular formula is C15H23IN4O4. The SMILES string of the molecule is COc1ccc(NC(N)=NCC2CCC(C(N)=O)O2)cc1OC.I. The largest absolute Gasteiger partial charge is 0.493 e. The van der Waals surface area contributed by atoms with Crippen LogP contribution in [-0.2, 0) is 9.53 Å². The van der Waals surface area contributed by atoms with E-state index in [1.54, 1.807) is 32.4 Å². The maximum absolute atomic E-state index is 11.0. The van der Waals surface area contributed by atoms with Crippen molar-refractivity contribution >= 4 is 41.5 Å². The van der Waals surface area contributed by atoms with Crippen LogP contribution in [0.4, 0.5) is 5.69 Å². The molecule has 1 aromatic rings. The van der Waals surface area contributed by atoms with E-state index in [1.807, 2.05) is 0 Å². The highest BCUT2D eigenvalue weighted by atomic mass is 127. The molecule has 2 unspecified atom stereocenters. The zero-order valence-corrected chi connectivity index (χ0v) is 16.0. The molecule has 0 radical (unpaired) electrons. The van der Waals surface area contributed by atoms with E-state index in [9.17, 15) is 4.79 Å². The Hall–Kier alpha value is -1.75. The Balaban J connectivity index is 0.00000288. The number of ether oxygens (including phenoxy) is 3. The minimum atomic E-state index is -0.518. The highest BCUT2D eigenvalue weighted by Crippen LogP contribution is 2.29. The lowest BCUT2D eigenvalue weighted by atomic mass is 10.2. The van der Waals surface area contributed by atoms with Crippen LogP contribution in [0.2, 0.25) is 0 Å². The fourth-order valence-corrected chi connectivity index (χ4v) is 2.35. The lowest BCUT2D eigenvalue weighted by molar-refractivity contribution is -0.128. The summed E-state index contributed by atoms with van der Waals surface area (Å²) in [4.78, 5) is 15.3. The predicted octanol–water partition coefficient (Wildman–Crippen LogP) is 1.08. The molecule has 0 bridgehead atoms. The minimum Gasteiger partial charge on any atom is -0.493 e. The smallest absolute Gasteiger partial charge is 0.246 e. The molecule has 1 aliphatic rings. The van der Waals surface area contributed by atoms with Crippen molar-refractivity contribution in [3.05, 3.63) is 18.2 Å². The van der Waals surface area contributed by atoms with Gasteiger partial charge in [-0.1, -0.05) is 0 Å². The van der Waals surface area contributed by atoms with Gasteiger partial charge in [-0.15, -0.1) is 24.0 Å². The summed E-state index contributed by atoms with van der Waals surface area (Å²) in [5, 5.41) is 2.97. The summed E-state index contributed by atoms with van der Waals surface area (Å²) in [6.07, 6.45) is 0.702. The lowest BCUT2D eigenvalue weighted by Gasteiger charge is -2.12. The van der Waals surface area contributed by atoms with Crippen molar-refractivity contribution in [2.75, 3.05) is 26.1 Å². The summed E-state index contributed by atoms with van der Waals surface area (Å²) in [5.41, 5.74) is 11.8. The molecule has 1 heterocycles. The van der Waals surface area contributed by atoms with E-state index in [-0.39, 0.29) is 36.0 Å². The van der Waals surface area contributed by atoms with Gasteiger partial charge in [0.05, 0.1) is 26.9 Å². The molecule has 0 aliphatic carbocycles. The zero-order chi connectivity index (χ0) is 16.8. The van der Waals surface area contributed by atoms with Gasteiger partial charge in [-0.05, 0) is 25.0 Å². The topological polar surface area (TPSA) is 121 Å². The Labute approximate surface area is 157 Å². The van der Waals surface area contributed by atoms with Crippen LogP contribution in [0.5, 0.6) is 11.5 Å². The van der Waals surface area contributed by atoms with Crippen LogP contribution in [0, 0.1) is 0 Å². The molecule has 9 heteroatoms. The van der Waals surface area contributed by atoms with Crippen molar-refractivity contribution < 1.29 is 19.0 Å². The average molecular weight is 450 g/mol. The fourth-order valence-electron chi connectivity index (χ4n) is 2.35. The highest BCUT2D eigenvalue weighted by molar-refractivity contribution is 14.0. The number of nitrogens with two attached hydrogens (primary N) is 2. The fraction of sp³-hybridized carbons (Fsp3) is 0.467. The van der Waals surface area contributed by atoms with Gasteiger partial charge in [-0.25, -0.2) is 0 Å². The molecular weight excluding hydrogens is 427 g/mol. The number of hydrogen-bond donors (Lipinski definition) is 3. The van der Waals surface area contributed by atoms with Gasteiger partial charge in [-0.2, -0.15) is 0 Å². The molecule has 0 aromatic heterocycles. The van der Waals surface area contributed by atoms with E-state index in [4.69, 9.17) is 25.7 Å². The minimum absolute atomic E-state index is 0. The van der Waals surface area contributed by atoms with Crippen molar-refractivity contribution in [2.24, 2.45) is 16.5 Å².